The van der Waals surface area contributed by atoms with E-state index >= 15 is 0 Å². The zero-order chi connectivity index (χ0) is 12.8. The van der Waals surface area contributed by atoms with Gasteiger partial charge < -0.3 is 5.11 Å². The van der Waals surface area contributed by atoms with Crippen molar-refractivity contribution in [2.75, 3.05) is 7.05 Å². The van der Waals surface area contributed by atoms with Crippen molar-refractivity contribution in [1.29, 1.82) is 0 Å². The van der Waals surface area contributed by atoms with Gasteiger partial charge in [0.2, 0.25) is 0 Å². The van der Waals surface area contributed by atoms with Crippen LogP contribution in [0.3, 0.4) is 0 Å². The highest BCUT2D eigenvalue weighted by Gasteiger charge is 2.27. The molecule has 0 saturated heterocycles. The van der Waals surface area contributed by atoms with Gasteiger partial charge in [-0.25, -0.2) is 0 Å². The number of aliphatic carboxylic acids is 1. The summed E-state index contributed by atoms with van der Waals surface area (Å²) in [6.45, 7) is 4.68. The Labute approximate surface area is 103 Å². The van der Waals surface area contributed by atoms with Gasteiger partial charge in [0.1, 0.15) is 6.04 Å². The molecule has 0 aliphatic heterocycles. The molecule has 0 radical (unpaired) electrons. The van der Waals surface area contributed by atoms with Crippen LogP contribution in [0, 0.1) is 5.92 Å². The molecule has 1 aromatic rings. The van der Waals surface area contributed by atoms with Crippen molar-refractivity contribution in [3.05, 3.63) is 35.9 Å². The van der Waals surface area contributed by atoms with E-state index in [1.165, 1.54) is 0 Å². The summed E-state index contributed by atoms with van der Waals surface area (Å²) in [6.07, 6.45) is 0.871. The lowest BCUT2D eigenvalue weighted by Crippen LogP contribution is -2.42. The normalized spacial score (nSPS) is 14.6. The third-order valence-corrected chi connectivity index (χ3v) is 3.19. The van der Waals surface area contributed by atoms with Crippen molar-refractivity contribution in [2.45, 2.75) is 32.9 Å². The highest BCUT2D eigenvalue weighted by atomic mass is 16.4. The fourth-order valence-corrected chi connectivity index (χ4v) is 2.06. The van der Waals surface area contributed by atoms with Crippen molar-refractivity contribution in [2.24, 2.45) is 5.92 Å². The molecule has 94 valence electrons. The van der Waals surface area contributed by atoms with E-state index in [9.17, 15) is 9.90 Å². The molecule has 3 heteroatoms. The van der Waals surface area contributed by atoms with Crippen molar-refractivity contribution >= 4 is 5.97 Å². The van der Waals surface area contributed by atoms with Crippen LogP contribution in [0.4, 0.5) is 0 Å². The average molecular weight is 235 g/mol. The van der Waals surface area contributed by atoms with Crippen LogP contribution < -0.4 is 0 Å². The molecule has 0 spiro atoms. The molecule has 0 fully saturated rings. The van der Waals surface area contributed by atoms with Crippen LogP contribution in [0.5, 0.6) is 0 Å². The second-order valence-electron chi connectivity index (χ2n) is 4.57. The molecule has 0 bridgehead atoms. The first-order valence-electron chi connectivity index (χ1n) is 6.03. The summed E-state index contributed by atoms with van der Waals surface area (Å²) in [6, 6.07) is 9.54. The van der Waals surface area contributed by atoms with Crippen molar-refractivity contribution in [3.63, 3.8) is 0 Å². The van der Waals surface area contributed by atoms with E-state index in [0.29, 0.717) is 6.54 Å². The zero-order valence-electron chi connectivity index (χ0n) is 10.8. The van der Waals surface area contributed by atoms with Crippen molar-refractivity contribution in [3.8, 4) is 0 Å². The highest BCUT2D eigenvalue weighted by Crippen LogP contribution is 2.16. The molecule has 1 N–H and O–H groups in total. The van der Waals surface area contributed by atoms with Gasteiger partial charge in [0.25, 0.3) is 0 Å². The Balaban J connectivity index is 2.72. The van der Waals surface area contributed by atoms with Gasteiger partial charge in [0.05, 0.1) is 0 Å². The predicted molar refractivity (Wildman–Crippen MR) is 68.8 cm³/mol. The van der Waals surface area contributed by atoms with Crippen LogP contribution in [-0.2, 0) is 11.3 Å². The van der Waals surface area contributed by atoms with Gasteiger partial charge in [-0.15, -0.1) is 0 Å². The molecular formula is C14H21NO2. The van der Waals surface area contributed by atoms with Gasteiger partial charge >= 0.3 is 5.97 Å². The van der Waals surface area contributed by atoms with E-state index < -0.39 is 12.0 Å². The Morgan fingerprint density at radius 1 is 1.35 bits per heavy atom. The predicted octanol–water partition coefficient (Wildman–Crippen LogP) is 2.62. The molecule has 0 aliphatic rings. The fraction of sp³-hybridized carbons (Fsp3) is 0.500. The van der Waals surface area contributed by atoms with Gasteiger partial charge in [0.15, 0.2) is 0 Å². The lowest BCUT2D eigenvalue weighted by Gasteiger charge is -2.29. The van der Waals surface area contributed by atoms with Gasteiger partial charge in [0, 0.05) is 6.54 Å². The maximum absolute atomic E-state index is 11.3. The monoisotopic (exact) mass is 235 g/mol. The molecule has 0 heterocycles. The second kappa shape index (κ2) is 6.40. The van der Waals surface area contributed by atoms with E-state index in [-0.39, 0.29) is 5.92 Å². The SMILES string of the molecule is CCC(C)C(C(=O)O)N(C)Cc1ccccc1. The Hall–Kier alpha value is -1.35. The molecule has 2 unspecified atom stereocenters. The number of rotatable bonds is 6. The summed E-state index contributed by atoms with van der Waals surface area (Å²) < 4.78 is 0. The first kappa shape index (κ1) is 13.7. The van der Waals surface area contributed by atoms with E-state index in [1.807, 2.05) is 56.1 Å². The topological polar surface area (TPSA) is 40.5 Å². The first-order valence-corrected chi connectivity index (χ1v) is 6.03. The summed E-state index contributed by atoms with van der Waals surface area (Å²) in [5.41, 5.74) is 1.14. The molecule has 0 aromatic heterocycles. The molecule has 0 amide bonds. The van der Waals surface area contributed by atoms with Gasteiger partial charge in [-0.1, -0.05) is 50.6 Å². The van der Waals surface area contributed by atoms with E-state index in [4.69, 9.17) is 0 Å². The number of carboxylic acid groups (broad SMARTS) is 1. The van der Waals surface area contributed by atoms with E-state index in [1.54, 1.807) is 0 Å². The molecular weight excluding hydrogens is 214 g/mol. The number of carboxylic acids is 1. The number of carbonyl (C=O) groups is 1. The maximum atomic E-state index is 11.3. The third-order valence-electron chi connectivity index (χ3n) is 3.19. The van der Waals surface area contributed by atoms with Crippen LogP contribution >= 0.6 is 0 Å². The smallest absolute Gasteiger partial charge is 0.321 e. The Kier molecular flexibility index (Phi) is 5.16. The lowest BCUT2D eigenvalue weighted by molar-refractivity contribution is -0.145. The molecule has 1 rings (SSSR count). The standard InChI is InChI=1S/C14H21NO2/c1-4-11(2)13(14(16)17)15(3)10-12-8-6-5-7-9-12/h5-9,11,13H,4,10H2,1-3H3,(H,16,17). The molecule has 0 saturated carbocycles. The number of hydrogen-bond acceptors (Lipinski definition) is 2. The summed E-state index contributed by atoms with van der Waals surface area (Å²) in [7, 11) is 1.87. The minimum Gasteiger partial charge on any atom is -0.480 e. The quantitative estimate of drug-likeness (QED) is 0.824. The third kappa shape index (κ3) is 3.86. The van der Waals surface area contributed by atoms with Gasteiger partial charge in [-0.05, 0) is 18.5 Å². The van der Waals surface area contributed by atoms with Crippen molar-refractivity contribution < 1.29 is 9.90 Å². The number of hydrogen-bond donors (Lipinski definition) is 1. The van der Waals surface area contributed by atoms with E-state index in [0.717, 1.165) is 12.0 Å². The van der Waals surface area contributed by atoms with Crippen LogP contribution in [0.2, 0.25) is 0 Å². The van der Waals surface area contributed by atoms with Crippen LogP contribution in [0.15, 0.2) is 30.3 Å². The Morgan fingerprint density at radius 3 is 2.41 bits per heavy atom. The van der Waals surface area contributed by atoms with Gasteiger partial charge in [-0.2, -0.15) is 0 Å². The minimum absolute atomic E-state index is 0.154. The zero-order valence-corrected chi connectivity index (χ0v) is 10.8. The highest BCUT2D eigenvalue weighted by molar-refractivity contribution is 5.73. The number of nitrogens with zero attached hydrogens (tertiary/aromatic N) is 1. The second-order valence-corrected chi connectivity index (χ2v) is 4.57. The minimum atomic E-state index is -0.738. The summed E-state index contributed by atoms with van der Waals surface area (Å²) >= 11 is 0. The molecule has 0 aliphatic carbocycles. The molecule has 3 nitrogen and oxygen atoms in total. The lowest BCUT2D eigenvalue weighted by atomic mass is 9.97. The summed E-state index contributed by atoms with van der Waals surface area (Å²) in [5, 5.41) is 9.28. The number of likely N-dealkylation sites (N-methyl/N-ethyl adjacent to an activating group) is 1. The average Bonchev–Trinajstić information content (AvgIpc) is 2.29. The fourth-order valence-electron chi connectivity index (χ4n) is 2.06. The summed E-state index contributed by atoms with van der Waals surface area (Å²) in [5.74, 6) is -0.584. The van der Waals surface area contributed by atoms with Crippen LogP contribution in [0.1, 0.15) is 25.8 Å². The van der Waals surface area contributed by atoms with Gasteiger partial charge in [-0.3, -0.25) is 9.69 Å². The van der Waals surface area contributed by atoms with Crippen LogP contribution in [-0.4, -0.2) is 29.1 Å². The Bertz CT molecular complexity index is 350. The first-order chi connectivity index (χ1) is 8.06. The summed E-state index contributed by atoms with van der Waals surface area (Å²) in [4.78, 5) is 13.2. The number of benzene rings is 1. The molecule has 1 aromatic carbocycles. The Morgan fingerprint density at radius 2 is 1.94 bits per heavy atom. The largest absolute Gasteiger partial charge is 0.480 e. The molecule has 17 heavy (non-hydrogen) atoms. The van der Waals surface area contributed by atoms with Crippen molar-refractivity contribution in [1.82, 2.24) is 4.90 Å². The maximum Gasteiger partial charge on any atom is 0.321 e. The van der Waals surface area contributed by atoms with Crippen LogP contribution in [0.25, 0.3) is 0 Å². The molecule has 2 atom stereocenters. The van der Waals surface area contributed by atoms with E-state index in [2.05, 4.69) is 0 Å².